The van der Waals surface area contributed by atoms with Crippen molar-refractivity contribution in [2.24, 2.45) is 22.9 Å². The highest BCUT2D eigenvalue weighted by Crippen LogP contribution is 2.13. The molecule has 23 nitrogen and oxygen atoms in total. The number of nitrogens with one attached hydrogen (secondary N) is 6. The second-order valence-electron chi connectivity index (χ2n) is 15.5. The molecule has 380 valence electrons. The lowest BCUT2D eigenvalue weighted by Gasteiger charge is -2.27. The number of amides is 6. The van der Waals surface area contributed by atoms with Gasteiger partial charge in [0, 0.05) is 30.8 Å². The monoisotopic (exact) mass is 963 g/mol. The molecule has 0 unspecified atom stereocenters. The molecule has 0 spiro atoms. The van der Waals surface area contributed by atoms with Crippen molar-refractivity contribution in [2.45, 2.75) is 159 Å². The van der Waals surface area contributed by atoms with E-state index in [1.54, 1.807) is 20.8 Å². The molecule has 0 aliphatic carbocycles. The molecule has 0 rings (SSSR count). The van der Waals surface area contributed by atoms with Crippen molar-refractivity contribution < 1.29 is 62.8 Å². The summed E-state index contributed by atoms with van der Waals surface area (Å²) < 4.78 is 10.5. The van der Waals surface area contributed by atoms with E-state index in [-0.39, 0.29) is 76.1 Å². The molecule has 0 saturated heterocycles. The summed E-state index contributed by atoms with van der Waals surface area (Å²) in [5, 5.41) is 35.4. The standard InChI is InChI=1S/C42H78N10O13S/c1-4-34(54)47-33(26-66-25-27(65-36(56)6-3)24-64-35(55)5-2)41(61)52-32(23-53)40(60)50-29(16-8-12-20-44)38(58)48-28(15-7-11-19-43)37(57)49-30(17-9-13-21-45)39(59)51-31(42(62)63)18-10-14-22-46/h27-33,53H,4-26,43-46H2,1-3H3,(H,47,54)(H,48,58)(H,49,57)(H,50,60)(H,51,59)(H,52,61)(H,62,63)/t27-,28-,29-,30-,31-,32-,33-/m0/s1. The van der Waals surface area contributed by atoms with Gasteiger partial charge in [-0.25, -0.2) is 4.79 Å². The van der Waals surface area contributed by atoms with E-state index in [2.05, 4.69) is 31.9 Å². The number of ether oxygens (including phenoxy) is 2. The molecule has 0 bridgehead atoms. The Kier molecular flexibility index (Phi) is 34.8. The number of carbonyl (C=O) groups is 9. The highest BCUT2D eigenvalue weighted by atomic mass is 32.2. The van der Waals surface area contributed by atoms with Crippen LogP contribution in [0.4, 0.5) is 0 Å². The van der Waals surface area contributed by atoms with Crippen molar-refractivity contribution in [1.82, 2.24) is 31.9 Å². The van der Waals surface area contributed by atoms with Crippen molar-refractivity contribution in [1.29, 1.82) is 0 Å². The molecule has 0 aromatic carbocycles. The molecular formula is C42H78N10O13S. The summed E-state index contributed by atoms with van der Waals surface area (Å²) in [5.74, 6) is -6.89. The van der Waals surface area contributed by atoms with Crippen LogP contribution in [-0.2, 0) is 52.6 Å². The molecule has 0 aromatic heterocycles. The number of esters is 2. The second-order valence-corrected chi connectivity index (χ2v) is 16.6. The Morgan fingerprint density at radius 1 is 0.485 bits per heavy atom. The van der Waals surface area contributed by atoms with Gasteiger partial charge in [-0.1, -0.05) is 20.8 Å². The van der Waals surface area contributed by atoms with Gasteiger partial charge in [0.05, 0.1) is 6.61 Å². The first kappa shape index (κ1) is 61.4. The minimum atomic E-state index is -1.61. The Morgan fingerprint density at radius 3 is 1.24 bits per heavy atom. The van der Waals surface area contributed by atoms with Crippen LogP contribution in [0.1, 0.15) is 117 Å². The number of nitrogens with two attached hydrogens (primary N) is 4. The van der Waals surface area contributed by atoms with Crippen molar-refractivity contribution in [3.8, 4) is 0 Å². The zero-order chi connectivity index (χ0) is 49.9. The number of carbonyl (C=O) groups excluding carboxylic acids is 8. The number of rotatable bonds is 39. The maximum atomic E-state index is 14.0. The molecule has 6 amide bonds. The molecule has 7 atom stereocenters. The normalized spacial score (nSPS) is 14.2. The van der Waals surface area contributed by atoms with Gasteiger partial charge in [0.15, 0.2) is 0 Å². The highest BCUT2D eigenvalue weighted by Gasteiger charge is 2.33. The summed E-state index contributed by atoms with van der Waals surface area (Å²) in [7, 11) is 0. The first-order chi connectivity index (χ1) is 31.5. The van der Waals surface area contributed by atoms with Crippen molar-refractivity contribution in [3.63, 3.8) is 0 Å². The predicted octanol–water partition coefficient (Wildman–Crippen LogP) is -2.09. The number of hydrogen-bond donors (Lipinski definition) is 12. The highest BCUT2D eigenvalue weighted by molar-refractivity contribution is 7.99. The zero-order valence-electron chi connectivity index (χ0n) is 38.9. The third-order valence-electron chi connectivity index (χ3n) is 9.98. The summed E-state index contributed by atoms with van der Waals surface area (Å²) in [6.07, 6.45) is 3.27. The van der Waals surface area contributed by atoms with E-state index in [1.165, 1.54) is 0 Å². The van der Waals surface area contributed by atoms with Gasteiger partial charge in [0.25, 0.3) is 0 Å². The van der Waals surface area contributed by atoms with Crippen LogP contribution in [0.3, 0.4) is 0 Å². The van der Waals surface area contributed by atoms with E-state index >= 15 is 0 Å². The number of unbranched alkanes of at least 4 members (excludes halogenated alkanes) is 4. The molecule has 0 radical (unpaired) electrons. The number of thioether (sulfide) groups is 1. The average Bonchev–Trinajstić information content (AvgIpc) is 3.30. The Bertz CT molecular complexity index is 1500. The number of hydrogen-bond acceptors (Lipinski definition) is 17. The molecule has 16 N–H and O–H groups in total. The lowest BCUT2D eigenvalue weighted by atomic mass is 10.0. The molecular weight excluding hydrogens is 885 g/mol. The van der Waals surface area contributed by atoms with Crippen molar-refractivity contribution in [3.05, 3.63) is 0 Å². The third kappa shape index (κ3) is 27.1. The van der Waals surface area contributed by atoms with Gasteiger partial charge >= 0.3 is 17.9 Å². The predicted molar refractivity (Wildman–Crippen MR) is 247 cm³/mol. The van der Waals surface area contributed by atoms with Crippen LogP contribution in [-0.4, -0.2) is 157 Å². The van der Waals surface area contributed by atoms with Crippen LogP contribution >= 0.6 is 11.8 Å². The SMILES string of the molecule is CCC(=O)N[C@@H](CSC[C@H](COC(=O)CC)OC(=O)CC)C(=O)N[C@@H](CO)C(=O)N[C@@H](CCCCN)C(=O)N[C@@H](CCCCN)C(=O)N[C@@H](CCCCN)C(=O)N[C@@H](CCCCN)C(=O)O. The zero-order valence-corrected chi connectivity index (χ0v) is 39.7. The molecule has 0 heterocycles. The number of aliphatic hydroxyl groups is 1. The van der Waals surface area contributed by atoms with Gasteiger partial charge in [0.1, 0.15) is 49.0 Å². The van der Waals surface area contributed by atoms with Crippen LogP contribution in [0.15, 0.2) is 0 Å². The van der Waals surface area contributed by atoms with Gasteiger partial charge in [0.2, 0.25) is 35.4 Å². The Balaban J connectivity index is 6.31. The lowest BCUT2D eigenvalue weighted by Crippen LogP contribution is -2.60. The van der Waals surface area contributed by atoms with Gasteiger partial charge in [-0.3, -0.25) is 38.4 Å². The Hall–Kier alpha value is -4.62. The van der Waals surface area contributed by atoms with Crippen LogP contribution in [0.5, 0.6) is 0 Å². The van der Waals surface area contributed by atoms with Crippen LogP contribution in [0.25, 0.3) is 0 Å². The minimum absolute atomic E-state index is 0.00977. The number of aliphatic hydroxyl groups excluding tert-OH is 1. The number of carboxylic acids is 1. The van der Waals surface area contributed by atoms with Gasteiger partial charge in [-0.05, 0) is 103 Å². The molecule has 0 saturated carbocycles. The van der Waals surface area contributed by atoms with Gasteiger partial charge in [-0.2, -0.15) is 11.8 Å². The second kappa shape index (κ2) is 37.5. The molecule has 0 aliphatic heterocycles. The van der Waals surface area contributed by atoms with Gasteiger partial charge < -0.3 is 74.5 Å². The quantitative estimate of drug-likeness (QED) is 0.0232. The molecule has 0 aliphatic rings. The summed E-state index contributed by atoms with van der Waals surface area (Å²) in [6, 6.07) is -7.80. The lowest BCUT2D eigenvalue weighted by molar-refractivity contribution is -0.157. The van der Waals surface area contributed by atoms with Crippen LogP contribution < -0.4 is 54.8 Å². The van der Waals surface area contributed by atoms with E-state index in [0.29, 0.717) is 64.5 Å². The molecule has 66 heavy (non-hydrogen) atoms. The topological polar surface area (TPSA) is 389 Å². The first-order valence-corrected chi connectivity index (χ1v) is 24.1. The van der Waals surface area contributed by atoms with Gasteiger partial charge in [-0.15, -0.1) is 0 Å². The fourth-order valence-electron chi connectivity index (χ4n) is 6.06. The fraction of sp³-hybridized carbons (Fsp3) is 0.786. The van der Waals surface area contributed by atoms with Crippen molar-refractivity contribution in [2.75, 3.05) is 50.9 Å². The summed E-state index contributed by atoms with van der Waals surface area (Å²) >= 11 is 1.10. The van der Waals surface area contributed by atoms with Crippen molar-refractivity contribution >= 4 is 65.1 Å². The smallest absolute Gasteiger partial charge is 0.326 e. The minimum Gasteiger partial charge on any atom is -0.480 e. The van der Waals surface area contributed by atoms with E-state index in [9.17, 15) is 53.4 Å². The third-order valence-corrected chi connectivity index (χ3v) is 11.2. The number of aliphatic carboxylic acids is 1. The maximum absolute atomic E-state index is 14.0. The van der Waals surface area contributed by atoms with E-state index in [0.717, 1.165) is 11.8 Å². The van der Waals surface area contributed by atoms with Crippen LogP contribution in [0.2, 0.25) is 0 Å². The van der Waals surface area contributed by atoms with E-state index < -0.39 is 102 Å². The largest absolute Gasteiger partial charge is 0.480 e. The summed E-state index contributed by atoms with van der Waals surface area (Å²) in [4.78, 5) is 117. The van der Waals surface area contributed by atoms with E-state index in [1.807, 2.05) is 0 Å². The molecule has 0 fully saturated rings. The van der Waals surface area contributed by atoms with E-state index in [4.69, 9.17) is 32.4 Å². The maximum Gasteiger partial charge on any atom is 0.326 e. The summed E-state index contributed by atoms with van der Waals surface area (Å²) in [5.41, 5.74) is 22.6. The first-order valence-electron chi connectivity index (χ1n) is 22.9. The Labute approximate surface area is 392 Å². The molecule has 24 heteroatoms. The average molecular weight is 963 g/mol. The molecule has 0 aromatic rings. The fourth-order valence-corrected chi connectivity index (χ4v) is 7.09. The summed E-state index contributed by atoms with van der Waals surface area (Å²) in [6.45, 7) is 4.82. The number of carboxylic acid groups (broad SMARTS) is 1. The Morgan fingerprint density at radius 2 is 0.864 bits per heavy atom. The van der Waals surface area contributed by atoms with Crippen LogP contribution in [0, 0.1) is 0 Å².